The van der Waals surface area contributed by atoms with Crippen LogP contribution < -0.4 is 9.47 Å². The van der Waals surface area contributed by atoms with E-state index in [-0.39, 0.29) is 0 Å². The Balaban J connectivity index is 1.92. The molecule has 1 aromatic carbocycles. The molecule has 2 heterocycles. The summed E-state index contributed by atoms with van der Waals surface area (Å²) in [7, 11) is 0. The second-order valence-corrected chi connectivity index (χ2v) is 6.27. The van der Waals surface area contributed by atoms with Crippen molar-refractivity contribution in [2.75, 3.05) is 19.8 Å². The van der Waals surface area contributed by atoms with Crippen LogP contribution in [0.15, 0.2) is 18.5 Å². The average Bonchev–Trinajstić information content (AvgIpc) is 3.08. The first-order valence-corrected chi connectivity index (χ1v) is 8.93. The molecule has 0 amide bonds. The van der Waals surface area contributed by atoms with Gasteiger partial charge >= 0.3 is 5.97 Å². The smallest absolute Gasteiger partial charge is 0.327 e. The predicted molar refractivity (Wildman–Crippen MR) is 96.6 cm³/mol. The van der Waals surface area contributed by atoms with Crippen molar-refractivity contribution in [2.45, 2.75) is 39.8 Å². The number of hydrogen-bond acceptors (Lipinski definition) is 5. The SMILES string of the molecule is CCOc1ccc(CN2CCc3[nH]cnc3[C@@H]2C(=O)O)c(OCC)c1C. The number of aromatic nitrogens is 2. The maximum atomic E-state index is 11.9. The number of imidazole rings is 1. The Kier molecular flexibility index (Phi) is 5.46. The summed E-state index contributed by atoms with van der Waals surface area (Å²) in [6.07, 6.45) is 2.32. The number of aliphatic carboxylic acids is 1. The highest BCUT2D eigenvalue weighted by atomic mass is 16.5. The molecule has 7 nitrogen and oxygen atoms in total. The Bertz CT molecular complexity index is 787. The first-order valence-electron chi connectivity index (χ1n) is 8.93. The largest absolute Gasteiger partial charge is 0.493 e. The van der Waals surface area contributed by atoms with Gasteiger partial charge in [-0.05, 0) is 26.8 Å². The van der Waals surface area contributed by atoms with E-state index in [0.717, 1.165) is 34.7 Å². The molecule has 1 aromatic heterocycles. The average molecular weight is 359 g/mol. The van der Waals surface area contributed by atoms with Gasteiger partial charge in [-0.2, -0.15) is 0 Å². The van der Waals surface area contributed by atoms with E-state index in [2.05, 4.69) is 9.97 Å². The van der Waals surface area contributed by atoms with Crippen molar-refractivity contribution in [1.82, 2.24) is 14.9 Å². The molecule has 3 rings (SSSR count). The molecule has 26 heavy (non-hydrogen) atoms. The van der Waals surface area contributed by atoms with E-state index >= 15 is 0 Å². The lowest BCUT2D eigenvalue weighted by Gasteiger charge is -2.32. The normalized spacial score (nSPS) is 17.0. The molecule has 0 fully saturated rings. The molecule has 0 bridgehead atoms. The molecule has 1 aliphatic heterocycles. The summed E-state index contributed by atoms with van der Waals surface area (Å²) in [5, 5.41) is 9.75. The molecule has 0 saturated carbocycles. The number of H-pyrrole nitrogens is 1. The number of carboxylic acid groups (broad SMARTS) is 1. The molecule has 2 N–H and O–H groups in total. The minimum Gasteiger partial charge on any atom is -0.493 e. The van der Waals surface area contributed by atoms with Gasteiger partial charge < -0.3 is 19.6 Å². The monoisotopic (exact) mass is 359 g/mol. The van der Waals surface area contributed by atoms with Crippen LogP contribution in [0.1, 0.15) is 42.4 Å². The van der Waals surface area contributed by atoms with Crippen LogP contribution in [0.25, 0.3) is 0 Å². The highest BCUT2D eigenvalue weighted by molar-refractivity contribution is 5.75. The van der Waals surface area contributed by atoms with Gasteiger partial charge in [0.25, 0.3) is 0 Å². The van der Waals surface area contributed by atoms with E-state index < -0.39 is 12.0 Å². The van der Waals surface area contributed by atoms with Gasteiger partial charge in [0, 0.05) is 36.3 Å². The number of hydrogen-bond donors (Lipinski definition) is 2. The number of ether oxygens (including phenoxy) is 2. The number of carbonyl (C=O) groups is 1. The van der Waals surface area contributed by atoms with Crippen molar-refractivity contribution >= 4 is 5.97 Å². The highest BCUT2D eigenvalue weighted by Crippen LogP contribution is 2.35. The van der Waals surface area contributed by atoms with E-state index in [1.54, 1.807) is 6.33 Å². The second kappa shape index (κ2) is 7.78. The number of aromatic amines is 1. The molecular formula is C19H25N3O4. The number of fused-ring (bicyclic) bond motifs is 1. The van der Waals surface area contributed by atoms with E-state index in [1.807, 2.05) is 37.8 Å². The fourth-order valence-electron chi connectivity index (χ4n) is 3.50. The highest BCUT2D eigenvalue weighted by Gasteiger charge is 2.35. The van der Waals surface area contributed by atoms with Crippen molar-refractivity contribution < 1.29 is 19.4 Å². The number of nitrogens with zero attached hydrogens (tertiary/aromatic N) is 2. The van der Waals surface area contributed by atoms with Crippen LogP contribution >= 0.6 is 0 Å². The van der Waals surface area contributed by atoms with Gasteiger partial charge in [0.1, 0.15) is 11.5 Å². The number of carboxylic acids is 1. The van der Waals surface area contributed by atoms with Gasteiger partial charge in [-0.3, -0.25) is 9.69 Å². The summed E-state index contributed by atoms with van der Waals surface area (Å²) in [4.78, 5) is 21.1. The minimum atomic E-state index is -0.890. The fraction of sp³-hybridized carbons (Fsp3) is 0.474. The van der Waals surface area contributed by atoms with Crippen molar-refractivity contribution in [1.29, 1.82) is 0 Å². The Morgan fingerprint density at radius 1 is 1.35 bits per heavy atom. The van der Waals surface area contributed by atoms with E-state index in [9.17, 15) is 9.90 Å². The van der Waals surface area contributed by atoms with Crippen LogP contribution in [0.2, 0.25) is 0 Å². The first-order chi connectivity index (χ1) is 12.6. The quantitative estimate of drug-likeness (QED) is 0.790. The standard InChI is InChI=1S/C19H25N3O4/c1-4-25-15-7-6-13(18(12(15)3)26-5-2)10-22-9-8-14-16(21-11-20-14)17(22)19(23)24/h6-7,11,17H,4-5,8-10H2,1-3H3,(H,20,21)(H,23,24)/t17-/m1/s1. The Morgan fingerprint density at radius 3 is 2.81 bits per heavy atom. The first kappa shape index (κ1) is 18.3. The molecular weight excluding hydrogens is 334 g/mol. The van der Waals surface area contributed by atoms with Gasteiger partial charge in [-0.1, -0.05) is 6.07 Å². The maximum Gasteiger partial charge on any atom is 0.327 e. The number of benzene rings is 1. The molecule has 7 heteroatoms. The number of nitrogens with one attached hydrogen (secondary N) is 1. The van der Waals surface area contributed by atoms with Crippen molar-refractivity contribution in [3.05, 3.63) is 41.0 Å². The second-order valence-electron chi connectivity index (χ2n) is 6.27. The molecule has 0 saturated heterocycles. The van der Waals surface area contributed by atoms with Gasteiger partial charge in [0.15, 0.2) is 6.04 Å². The van der Waals surface area contributed by atoms with Crippen LogP contribution in [-0.4, -0.2) is 45.7 Å². The van der Waals surface area contributed by atoms with Gasteiger partial charge in [0.2, 0.25) is 0 Å². The fourth-order valence-corrected chi connectivity index (χ4v) is 3.50. The molecule has 0 radical (unpaired) electrons. The zero-order valence-electron chi connectivity index (χ0n) is 15.4. The van der Waals surface area contributed by atoms with Crippen molar-refractivity contribution in [3.8, 4) is 11.5 Å². The summed E-state index contributed by atoms with van der Waals surface area (Å²) in [6, 6.07) is 3.13. The number of rotatable bonds is 7. The molecule has 1 aliphatic rings. The van der Waals surface area contributed by atoms with Crippen LogP contribution in [0, 0.1) is 6.92 Å². The molecule has 0 unspecified atom stereocenters. The van der Waals surface area contributed by atoms with Crippen LogP contribution in [0.5, 0.6) is 11.5 Å². The van der Waals surface area contributed by atoms with Crippen LogP contribution in [0.4, 0.5) is 0 Å². The maximum absolute atomic E-state index is 11.9. The van der Waals surface area contributed by atoms with Crippen molar-refractivity contribution in [2.24, 2.45) is 0 Å². The van der Waals surface area contributed by atoms with Crippen LogP contribution in [0.3, 0.4) is 0 Å². The zero-order valence-corrected chi connectivity index (χ0v) is 15.4. The zero-order chi connectivity index (χ0) is 18.7. The van der Waals surface area contributed by atoms with E-state index in [0.29, 0.717) is 32.0 Å². The van der Waals surface area contributed by atoms with Gasteiger partial charge in [-0.25, -0.2) is 4.98 Å². The summed E-state index contributed by atoms with van der Waals surface area (Å²) in [5.74, 6) is 0.678. The van der Waals surface area contributed by atoms with Crippen LogP contribution in [-0.2, 0) is 17.8 Å². The van der Waals surface area contributed by atoms with E-state index in [1.165, 1.54) is 0 Å². The Morgan fingerprint density at radius 2 is 2.12 bits per heavy atom. The lowest BCUT2D eigenvalue weighted by atomic mass is 10.0. The van der Waals surface area contributed by atoms with Crippen molar-refractivity contribution in [3.63, 3.8) is 0 Å². The minimum absolute atomic E-state index is 0.478. The van der Waals surface area contributed by atoms with E-state index in [4.69, 9.17) is 9.47 Å². The summed E-state index contributed by atoms with van der Waals surface area (Å²) in [5.41, 5.74) is 3.40. The molecule has 0 spiro atoms. The van der Waals surface area contributed by atoms with Gasteiger partial charge in [0.05, 0.1) is 25.2 Å². The summed E-state index contributed by atoms with van der Waals surface area (Å²) in [6.45, 7) is 8.09. The molecule has 2 aromatic rings. The lowest BCUT2D eigenvalue weighted by molar-refractivity contribution is -0.144. The lowest BCUT2D eigenvalue weighted by Crippen LogP contribution is -2.39. The van der Waals surface area contributed by atoms with Gasteiger partial charge in [-0.15, -0.1) is 0 Å². The third kappa shape index (κ3) is 3.39. The molecule has 0 aliphatic carbocycles. The third-order valence-electron chi connectivity index (χ3n) is 4.66. The summed E-state index contributed by atoms with van der Waals surface area (Å²) >= 11 is 0. The molecule has 1 atom stereocenters. The third-order valence-corrected chi connectivity index (χ3v) is 4.66. The molecule has 140 valence electrons. The Labute approximate surface area is 153 Å². The topological polar surface area (TPSA) is 87.7 Å². The predicted octanol–water partition coefficient (Wildman–Crippen LogP) is 2.70. The Hall–Kier alpha value is -2.54. The summed E-state index contributed by atoms with van der Waals surface area (Å²) < 4.78 is 11.5.